The third-order valence-electron chi connectivity index (χ3n) is 3.48. The van der Waals surface area contributed by atoms with Gasteiger partial charge in [0.2, 0.25) is 5.91 Å². The molecular weight excluding hydrogens is 290 g/mol. The number of anilines is 1. The van der Waals surface area contributed by atoms with Crippen LogP contribution >= 0.6 is 0 Å². The molecule has 0 heterocycles. The third-order valence-corrected chi connectivity index (χ3v) is 3.48. The first kappa shape index (κ1) is 16.5. The van der Waals surface area contributed by atoms with E-state index in [4.69, 9.17) is 5.73 Å². The second-order valence-electron chi connectivity index (χ2n) is 5.55. The molecule has 0 radical (unpaired) electrons. The minimum Gasteiger partial charge on any atom is -0.378 e. The summed E-state index contributed by atoms with van der Waals surface area (Å²) in [5.74, 6) is -0.736. The van der Waals surface area contributed by atoms with E-state index in [-0.39, 0.29) is 12.5 Å². The fourth-order valence-electron chi connectivity index (χ4n) is 2.27. The molecule has 2 aromatic rings. The van der Waals surface area contributed by atoms with Crippen LogP contribution in [0.5, 0.6) is 0 Å². The molecule has 5 heteroatoms. The van der Waals surface area contributed by atoms with Gasteiger partial charge in [0.05, 0.1) is 6.54 Å². The Hall–Kier alpha value is -2.82. The number of carbonyl (C=O) groups is 2. The molecule has 0 unspecified atom stereocenters. The molecular formula is C18H21N3O2. The Balaban J connectivity index is 2.18. The smallest absolute Gasteiger partial charge is 0.254 e. The number of rotatable bonds is 6. The zero-order chi connectivity index (χ0) is 16.8. The number of amides is 2. The van der Waals surface area contributed by atoms with E-state index in [2.05, 4.69) is 0 Å². The topological polar surface area (TPSA) is 66.6 Å². The number of carbonyl (C=O) groups excluding carboxylic acids is 2. The maximum atomic E-state index is 12.6. The first-order valence-electron chi connectivity index (χ1n) is 7.36. The Morgan fingerprint density at radius 1 is 0.957 bits per heavy atom. The molecule has 120 valence electrons. The van der Waals surface area contributed by atoms with Gasteiger partial charge in [-0.25, -0.2) is 0 Å². The standard InChI is InChI=1S/C18H21N3O2/c1-20(2)16-10-8-14(9-11-16)12-21(13-17(19)22)18(23)15-6-4-3-5-7-15/h3-11H,12-13H2,1-2H3,(H2,19,22). The predicted molar refractivity (Wildman–Crippen MR) is 91.1 cm³/mol. The summed E-state index contributed by atoms with van der Waals surface area (Å²) in [7, 11) is 3.93. The van der Waals surface area contributed by atoms with Gasteiger partial charge in [0.25, 0.3) is 5.91 Å². The van der Waals surface area contributed by atoms with E-state index in [9.17, 15) is 9.59 Å². The number of hydrogen-bond acceptors (Lipinski definition) is 3. The summed E-state index contributed by atoms with van der Waals surface area (Å²) < 4.78 is 0. The van der Waals surface area contributed by atoms with Crippen LogP contribution in [0, 0.1) is 0 Å². The van der Waals surface area contributed by atoms with E-state index in [0.29, 0.717) is 12.1 Å². The van der Waals surface area contributed by atoms with Crippen molar-refractivity contribution in [1.82, 2.24) is 4.90 Å². The van der Waals surface area contributed by atoms with E-state index >= 15 is 0 Å². The second-order valence-corrected chi connectivity index (χ2v) is 5.55. The highest BCUT2D eigenvalue weighted by atomic mass is 16.2. The normalized spacial score (nSPS) is 10.2. The van der Waals surface area contributed by atoms with E-state index in [1.165, 1.54) is 4.90 Å². The van der Waals surface area contributed by atoms with Crippen molar-refractivity contribution in [2.24, 2.45) is 5.73 Å². The van der Waals surface area contributed by atoms with Crippen LogP contribution in [-0.4, -0.2) is 37.4 Å². The fraction of sp³-hybridized carbons (Fsp3) is 0.222. The minimum atomic E-state index is -0.529. The Morgan fingerprint density at radius 3 is 2.09 bits per heavy atom. The maximum Gasteiger partial charge on any atom is 0.254 e. The molecule has 2 rings (SSSR count). The molecule has 2 amide bonds. The summed E-state index contributed by atoms with van der Waals surface area (Å²) in [6, 6.07) is 16.7. The van der Waals surface area contributed by atoms with Gasteiger partial charge in [0.15, 0.2) is 0 Å². The van der Waals surface area contributed by atoms with Crippen LogP contribution in [0.3, 0.4) is 0 Å². The first-order valence-corrected chi connectivity index (χ1v) is 7.36. The van der Waals surface area contributed by atoms with Gasteiger partial charge in [-0.05, 0) is 29.8 Å². The molecule has 0 spiro atoms. The van der Waals surface area contributed by atoms with Crippen molar-refractivity contribution in [3.63, 3.8) is 0 Å². The Kier molecular flexibility index (Phi) is 5.36. The van der Waals surface area contributed by atoms with Gasteiger partial charge in [-0.3, -0.25) is 9.59 Å². The Bertz CT molecular complexity index is 666. The molecule has 0 aliphatic carbocycles. The summed E-state index contributed by atoms with van der Waals surface area (Å²) in [6.07, 6.45) is 0. The average Bonchev–Trinajstić information content (AvgIpc) is 2.54. The maximum absolute atomic E-state index is 12.6. The van der Waals surface area contributed by atoms with Gasteiger partial charge in [0.1, 0.15) is 0 Å². The van der Waals surface area contributed by atoms with E-state index < -0.39 is 5.91 Å². The molecule has 23 heavy (non-hydrogen) atoms. The molecule has 0 atom stereocenters. The summed E-state index contributed by atoms with van der Waals surface area (Å²) in [6.45, 7) is 0.230. The van der Waals surface area contributed by atoms with Gasteiger partial charge < -0.3 is 15.5 Å². The third kappa shape index (κ3) is 4.57. The molecule has 2 aromatic carbocycles. The fourth-order valence-corrected chi connectivity index (χ4v) is 2.27. The second kappa shape index (κ2) is 7.45. The van der Waals surface area contributed by atoms with Crippen LogP contribution in [-0.2, 0) is 11.3 Å². The summed E-state index contributed by atoms with van der Waals surface area (Å²) >= 11 is 0. The van der Waals surface area contributed by atoms with Crippen molar-refractivity contribution in [3.8, 4) is 0 Å². The van der Waals surface area contributed by atoms with Gasteiger partial charge >= 0.3 is 0 Å². The van der Waals surface area contributed by atoms with Crippen molar-refractivity contribution in [3.05, 3.63) is 65.7 Å². The van der Waals surface area contributed by atoms with Crippen LogP contribution in [0.2, 0.25) is 0 Å². The van der Waals surface area contributed by atoms with Gasteiger partial charge in [-0.2, -0.15) is 0 Å². The summed E-state index contributed by atoms with van der Waals surface area (Å²) in [4.78, 5) is 27.3. The molecule has 0 aliphatic heterocycles. The summed E-state index contributed by atoms with van der Waals surface area (Å²) in [5, 5.41) is 0. The number of primary amides is 1. The highest BCUT2D eigenvalue weighted by Gasteiger charge is 2.17. The minimum absolute atomic E-state index is 0.108. The molecule has 0 aliphatic rings. The highest BCUT2D eigenvalue weighted by Crippen LogP contribution is 2.15. The van der Waals surface area contributed by atoms with Crippen LogP contribution in [0.15, 0.2) is 54.6 Å². The predicted octanol–water partition coefficient (Wildman–Crippen LogP) is 1.88. The van der Waals surface area contributed by atoms with Crippen molar-refractivity contribution in [2.45, 2.75) is 6.54 Å². The lowest BCUT2D eigenvalue weighted by Crippen LogP contribution is -2.38. The lowest BCUT2D eigenvalue weighted by atomic mass is 10.1. The first-order chi connectivity index (χ1) is 11.0. The molecule has 0 saturated carbocycles. The van der Waals surface area contributed by atoms with Crippen LogP contribution in [0.1, 0.15) is 15.9 Å². The van der Waals surface area contributed by atoms with Gasteiger partial charge in [-0.15, -0.1) is 0 Å². The van der Waals surface area contributed by atoms with Gasteiger partial charge in [-0.1, -0.05) is 30.3 Å². The highest BCUT2D eigenvalue weighted by molar-refractivity contribution is 5.96. The van der Waals surface area contributed by atoms with Crippen molar-refractivity contribution in [1.29, 1.82) is 0 Å². The zero-order valence-corrected chi connectivity index (χ0v) is 13.4. The average molecular weight is 311 g/mol. The largest absolute Gasteiger partial charge is 0.378 e. The number of nitrogens with two attached hydrogens (primary N) is 1. The van der Waals surface area contributed by atoms with Crippen molar-refractivity contribution < 1.29 is 9.59 Å². The Labute approximate surface area is 136 Å². The van der Waals surface area contributed by atoms with Crippen molar-refractivity contribution >= 4 is 17.5 Å². The quantitative estimate of drug-likeness (QED) is 0.886. The number of benzene rings is 2. The monoisotopic (exact) mass is 311 g/mol. The number of nitrogens with zero attached hydrogens (tertiary/aromatic N) is 2. The number of hydrogen-bond donors (Lipinski definition) is 1. The molecule has 0 saturated heterocycles. The summed E-state index contributed by atoms with van der Waals surface area (Å²) in [5.41, 5.74) is 7.85. The Morgan fingerprint density at radius 2 is 1.57 bits per heavy atom. The molecule has 5 nitrogen and oxygen atoms in total. The van der Waals surface area contributed by atoms with Crippen LogP contribution < -0.4 is 10.6 Å². The van der Waals surface area contributed by atoms with Crippen LogP contribution in [0.25, 0.3) is 0 Å². The lowest BCUT2D eigenvalue weighted by molar-refractivity contribution is -0.118. The zero-order valence-electron chi connectivity index (χ0n) is 13.4. The lowest BCUT2D eigenvalue weighted by Gasteiger charge is -2.22. The van der Waals surface area contributed by atoms with Crippen molar-refractivity contribution in [2.75, 3.05) is 25.5 Å². The SMILES string of the molecule is CN(C)c1ccc(CN(CC(N)=O)C(=O)c2ccccc2)cc1. The van der Waals surface area contributed by atoms with E-state index in [1.54, 1.807) is 24.3 Å². The van der Waals surface area contributed by atoms with E-state index in [1.807, 2.05) is 49.3 Å². The molecule has 0 bridgehead atoms. The van der Waals surface area contributed by atoms with Crippen LogP contribution in [0.4, 0.5) is 5.69 Å². The molecule has 2 N–H and O–H groups in total. The van der Waals surface area contributed by atoms with Gasteiger partial charge in [0, 0.05) is 31.9 Å². The molecule has 0 aromatic heterocycles. The van der Waals surface area contributed by atoms with E-state index in [0.717, 1.165) is 11.3 Å². The molecule has 0 fully saturated rings.